The van der Waals surface area contributed by atoms with Crippen molar-refractivity contribution in [3.63, 3.8) is 0 Å². The molecule has 0 fully saturated rings. The number of hydrogen-bond acceptors (Lipinski definition) is 4. The molecule has 0 aliphatic heterocycles. The topological polar surface area (TPSA) is 52.6 Å². The lowest BCUT2D eigenvalue weighted by atomic mass is 10.0. The van der Waals surface area contributed by atoms with E-state index in [-0.39, 0.29) is 36.8 Å². The van der Waals surface area contributed by atoms with E-state index in [1.165, 1.54) is 77.0 Å². The monoisotopic (exact) mass is 432 g/mol. The van der Waals surface area contributed by atoms with Crippen molar-refractivity contribution >= 4 is 23.5 Å². The zero-order valence-corrected chi connectivity index (χ0v) is 19.8. The van der Waals surface area contributed by atoms with Gasteiger partial charge in [0.25, 0.3) is 0 Å². The van der Waals surface area contributed by atoms with Crippen molar-refractivity contribution in [2.45, 2.75) is 128 Å². The van der Waals surface area contributed by atoms with E-state index < -0.39 is 0 Å². The zero-order valence-electron chi connectivity index (χ0n) is 19.0. The Balaban J connectivity index is 3.24. The fourth-order valence-electron chi connectivity index (χ4n) is 3.21. The number of halogens is 1. The van der Waals surface area contributed by atoms with Gasteiger partial charge in [-0.25, -0.2) is 0 Å². The average Bonchev–Trinajstić information content (AvgIpc) is 2.69. The van der Waals surface area contributed by atoms with Crippen LogP contribution in [0.3, 0.4) is 0 Å². The molecule has 0 rings (SSSR count). The van der Waals surface area contributed by atoms with Crippen LogP contribution in [0.2, 0.25) is 0 Å². The number of alkyl halides is 1. The quantitative estimate of drug-likeness (QED) is 0.108. The second-order valence-corrected chi connectivity index (χ2v) is 8.88. The summed E-state index contributed by atoms with van der Waals surface area (Å²) in [6.45, 7) is 4.74. The number of rotatable bonds is 21. The summed E-state index contributed by atoms with van der Waals surface area (Å²) in [6, 6.07) is 0. The van der Waals surface area contributed by atoms with E-state index in [1.54, 1.807) is 6.92 Å². The molecule has 1 atom stereocenters. The fourth-order valence-corrected chi connectivity index (χ4v) is 3.27. The first-order valence-electron chi connectivity index (χ1n) is 12.0. The molecule has 0 aliphatic rings. The molecule has 0 N–H and O–H groups in total. The molecule has 0 radical (unpaired) electrons. The molecular weight excluding hydrogens is 388 g/mol. The van der Waals surface area contributed by atoms with Gasteiger partial charge in [-0.05, 0) is 19.8 Å². The number of unbranched alkanes of at least 4 members (excludes halogenated alkanes) is 13. The lowest BCUT2D eigenvalue weighted by Gasteiger charge is -2.07. The van der Waals surface area contributed by atoms with E-state index in [1.807, 2.05) is 0 Å². The number of carbonyl (C=O) groups is 2. The third kappa shape index (κ3) is 23.4. The predicted molar refractivity (Wildman–Crippen MR) is 121 cm³/mol. The minimum atomic E-state index is -0.308. The van der Waals surface area contributed by atoms with E-state index in [4.69, 9.17) is 21.1 Å². The molecule has 0 aromatic carbocycles. The molecule has 0 spiro atoms. The van der Waals surface area contributed by atoms with Gasteiger partial charge in [0.2, 0.25) is 0 Å². The van der Waals surface area contributed by atoms with E-state index in [9.17, 15) is 9.59 Å². The number of esters is 2. The van der Waals surface area contributed by atoms with Gasteiger partial charge < -0.3 is 9.47 Å². The molecule has 4 nitrogen and oxygen atoms in total. The van der Waals surface area contributed by atoms with Gasteiger partial charge in [0.1, 0.15) is 6.61 Å². The highest BCUT2D eigenvalue weighted by Gasteiger charge is 2.08. The Labute approximate surface area is 184 Å². The van der Waals surface area contributed by atoms with Gasteiger partial charge in [-0.15, -0.1) is 11.6 Å². The average molecular weight is 433 g/mol. The summed E-state index contributed by atoms with van der Waals surface area (Å²) in [4.78, 5) is 23.0. The van der Waals surface area contributed by atoms with E-state index >= 15 is 0 Å². The van der Waals surface area contributed by atoms with Gasteiger partial charge in [0.05, 0.1) is 12.0 Å². The highest BCUT2D eigenvalue weighted by atomic mass is 35.5. The Hall–Kier alpha value is -0.770. The molecule has 0 saturated heterocycles. The van der Waals surface area contributed by atoms with Crippen LogP contribution in [0, 0.1) is 0 Å². The molecular formula is C24H45ClO4. The van der Waals surface area contributed by atoms with Crippen LogP contribution in [0.4, 0.5) is 0 Å². The number of carbonyl (C=O) groups excluding carboxylic acids is 2. The first kappa shape index (κ1) is 28.2. The number of hydrogen-bond donors (Lipinski definition) is 0. The molecule has 0 aromatic rings. The lowest BCUT2D eigenvalue weighted by molar-refractivity contribution is -0.145. The Bertz CT molecular complexity index is 385. The van der Waals surface area contributed by atoms with Crippen LogP contribution < -0.4 is 0 Å². The van der Waals surface area contributed by atoms with Gasteiger partial charge in [0, 0.05) is 12.8 Å². The maximum Gasteiger partial charge on any atom is 0.305 e. The van der Waals surface area contributed by atoms with Crippen LogP contribution in [0.1, 0.15) is 123 Å². The summed E-state index contributed by atoms with van der Waals surface area (Å²) in [5.41, 5.74) is 0. The van der Waals surface area contributed by atoms with Crippen LogP contribution in [0.25, 0.3) is 0 Å². The molecule has 0 amide bonds. The van der Waals surface area contributed by atoms with Crippen LogP contribution in [-0.4, -0.2) is 30.5 Å². The summed E-state index contributed by atoms with van der Waals surface area (Å²) in [7, 11) is 0. The molecule has 0 aliphatic carbocycles. The van der Waals surface area contributed by atoms with Crippen molar-refractivity contribution in [2.75, 3.05) is 13.2 Å². The molecule has 0 saturated carbocycles. The molecule has 1 unspecified atom stereocenters. The lowest BCUT2D eigenvalue weighted by Crippen LogP contribution is -2.12. The molecule has 29 heavy (non-hydrogen) atoms. The Morgan fingerprint density at radius 3 is 1.52 bits per heavy atom. The summed E-state index contributed by atoms with van der Waals surface area (Å²) in [6.07, 6.45) is 19.3. The van der Waals surface area contributed by atoms with Crippen molar-refractivity contribution < 1.29 is 19.1 Å². The van der Waals surface area contributed by atoms with Gasteiger partial charge in [-0.1, -0.05) is 90.4 Å². The third-order valence-corrected chi connectivity index (χ3v) is 5.12. The minimum absolute atomic E-state index is 0.186. The molecule has 0 bridgehead atoms. The fraction of sp³-hybridized carbons (Fsp3) is 0.917. The normalized spacial score (nSPS) is 12.0. The summed E-state index contributed by atoms with van der Waals surface area (Å²) in [5, 5.41) is -0.186. The predicted octanol–water partition coefficient (Wildman–Crippen LogP) is 7.35. The highest BCUT2D eigenvalue weighted by molar-refractivity contribution is 6.20. The molecule has 5 heteroatoms. The number of ether oxygens (including phenoxy) is 2. The van der Waals surface area contributed by atoms with E-state index in [0.717, 1.165) is 12.8 Å². The van der Waals surface area contributed by atoms with Gasteiger partial charge in [-0.2, -0.15) is 0 Å². The molecule has 0 aromatic heterocycles. The second kappa shape index (κ2) is 21.9. The zero-order chi connectivity index (χ0) is 21.6. The van der Waals surface area contributed by atoms with Crippen LogP contribution in [-0.2, 0) is 19.1 Å². The maximum absolute atomic E-state index is 11.6. The van der Waals surface area contributed by atoms with Crippen molar-refractivity contribution in [3.05, 3.63) is 0 Å². The van der Waals surface area contributed by atoms with Crippen molar-refractivity contribution in [3.8, 4) is 0 Å². The van der Waals surface area contributed by atoms with Crippen molar-refractivity contribution in [1.82, 2.24) is 0 Å². The first-order valence-corrected chi connectivity index (χ1v) is 12.4. The largest absolute Gasteiger partial charge is 0.466 e. The Morgan fingerprint density at radius 1 is 0.655 bits per heavy atom. The standard InChI is InChI=1S/C24H45ClO4/c1-3-4-5-6-7-8-9-10-11-12-13-14-15-16-20-28-23(26)18-17-19-24(27)29-21-22(2)25/h22H,3-21H2,1-2H3. The van der Waals surface area contributed by atoms with Crippen LogP contribution in [0.5, 0.6) is 0 Å². The van der Waals surface area contributed by atoms with Crippen molar-refractivity contribution in [2.24, 2.45) is 0 Å². The minimum Gasteiger partial charge on any atom is -0.466 e. The van der Waals surface area contributed by atoms with E-state index in [2.05, 4.69) is 6.92 Å². The molecule has 172 valence electrons. The molecule has 0 heterocycles. The van der Waals surface area contributed by atoms with Crippen molar-refractivity contribution in [1.29, 1.82) is 0 Å². The highest BCUT2D eigenvalue weighted by Crippen LogP contribution is 2.13. The van der Waals surface area contributed by atoms with Crippen LogP contribution in [0.15, 0.2) is 0 Å². The van der Waals surface area contributed by atoms with Gasteiger partial charge in [0.15, 0.2) is 0 Å². The Morgan fingerprint density at radius 2 is 1.07 bits per heavy atom. The SMILES string of the molecule is CCCCCCCCCCCCCCCCOC(=O)CCCC(=O)OCC(C)Cl. The van der Waals surface area contributed by atoms with Gasteiger partial charge >= 0.3 is 11.9 Å². The van der Waals surface area contributed by atoms with Crippen LogP contribution >= 0.6 is 11.6 Å². The summed E-state index contributed by atoms with van der Waals surface area (Å²) < 4.78 is 10.2. The summed E-state index contributed by atoms with van der Waals surface area (Å²) >= 11 is 5.71. The third-order valence-electron chi connectivity index (χ3n) is 5.00. The second-order valence-electron chi connectivity index (χ2n) is 8.13. The van der Waals surface area contributed by atoms with E-state index in [0.29, 0.717) is 13.0 Å². The van der Waals surface area contributed by atoms with Gasteiger partial charge in [-0.3, -0.25) is 9.59 Å². The smallest absolute Gasteiger partial charge is 0.305 e. The first-order chi connectivity index (χ1) is 14.1. The maximum atomic E-state index is 11.6. The Kier molecular flexibility index (Phi) is 21.3. The summed E-state index contributed by atoms with van der Waals surface area (Å²) in [5.74, 6) is -0.532.